The average Bonchev–Trinajstić information content (AvgIpc) is 3.60. The Morgan fingerprint density at radius 1 is 1.06 bits per heavy atom. The number of ether oxygens (including phenoxy) is 1. The highest BCUT2D eigenvalue weighted by Crippen LogP contribution is 2.49. The lowest BCUT2D eigenvalue weighted by molar-refractivity contribution is 0.488. The SMILES string of the molecule is C=N/N=C(\N)c1ccc(C2(Nc3nccc4cccc(Oc5cccc(Cl)c5)c34)CC2)cc1. The molecule has 164 valence electrons. The summed E-state index contributed by atoms with van der Waals surface area (Å²) in [5, 5.41) is 13.6. The predicted molar refractivity (Wildman–Crippen MR) is 135 cm³/mol. The molecule has 1 saturated carbocycles. The summed E-state index contributed by atoms with van der Waals surface area (Å²) in [6.45, 7) is 3.35. The molecule has 3 N–H and O–H groups in total. The fourth-order valence-electron chi connectivity index (χ4n) is 3.97. The van der Waals surface area contributed by atoms with Crippen LogP contribution >= 0.6 is 11.6 Å². The molecular weight excluding hydrogens is 434 g/mol. The van der Waals surface area contributed by atoms with Crippen molar-refractivity contribution in [1.29, 1.82) is 0 Å². The fourth-order valence-corrected chi connectivity index (χ4v) is 4.15. The second kappa shape index (κ2) is 8.56. The highest BCUT2D eigenvalue weighted by atomic mass is 35.5. The molecular formula is C26H22ClN5O. The summed E-state index contributed by atoms with van der Waals surface area (Å²) in [5.41, 5.74) is 7.71. The van der Waals surface area contributed by atoms with E-state index in [0.717, 1.165) is 46.3 Å². The van der Waals surface area contributed by atoms with Gasteiger partial charge in [-0.2, -0.15) is 5.10 Å². The molecule has 6 nitrogen and oxygen atoms in total. The quantitative estimate of drug-likeness (QED) is 0.200. The van der Waals surface area contributed by atoms with E-state index < -0.39 is 0 Å². The number of nitrogens with zero attached hydrogens (tertiary/aromatic N) is 3. The maximum Gasteiger partial charge on any atom is 0.153 e. The number of fused-ring (bicyclic) bond motifs is 1. The van der Waals surface area contributed by atoms with Crippen molar-refractivity contribution in [2.45, 2.75) is 18.4 Å². The van der Waals surface area contributed by atoms with Crippen molar-refractivity contribution in [3.63, 3.8) is 0 Å². The Bertz CT molecular complexity index is 1360. The number of nitrogens with one attached hydrogen (secondary N) is 1. The molecule has 0 radical (unpaired) electrons. The molecule has 33 heavy (non-hydrogen) atoms. The number of pyridine rings is 1. The molecule has 1 fully saturated rings. The summed E-state index contributed by atoms with van der Waals surface area (Å²) >= 11 is 6.14. The van der Waals surface area contributed by atoms with Gasteiger partial charge in [0.1, 0.15) is 17.3 Å². The number of hydrogen-bond acceptors (Lipinski definition) is 5. The van der Waals surface area contributed by atoms with Crippen molar-refractivity contribution in [2.24, 2.45) is 15.9 Å². The molecule has 1 heterocycles. The van der Waals surface area contributed by atoms with Crippen LogP contribution in [0.4, 0.5) is 5.82 Å². The van der Waals surface area contributed by atoms with E-state index in [-0.39, 0.29) is 5.54 Å². The molecule has 0 saturated heterocycles. The Kier molecular flexibility index (Phi) is 5.44. The zero-order valence-electron chi connectivity index (χ0n) is 17.8. The summed E-state index contributed by atoms with van der Waals surface area (Å²) in [4.78, 5) is 4.67. The lowest BCUT2D eigenvalue weighted by atomic mass is 10.0. The molecule has 1 aliphatic rings. The second-order valence-corrected chi connectivity index (χ2v) is 8.42. The van der Waals surface area contributed by atoms with Gasteiger partial charge in [0.15, 0.2) is 5.84 Å². The van der Waals surface area contributed by atoms with Gasteiger partial charge in [-0.3, -0.25) is 0 Å². The minimum Gasteiger partial charge on any atom is -0.457 e. The van der Waals surface area contributed by atoms with Crippen LogP contribution in [0.25, 0.3) is 10.8 Å². The van der Waals surface area contributed by atoms with Crippen LogP contribution in [0.3, 0.4) is 0 Å². The zero-order chi connectivity index (χ0) is 22.8. The summed E-state index contributed by atoms with van der Waals surface area (Å²) in [6.07, 6.45) is 3.81. The first-order valence-electron chi connectivity index (χ1n) is 10.6. The topological polar surface area (TPSA) is 84.9 Å². The summed E-state index contributed by atoms with van der Waals surface area (Å²) < 4.78 is 6.21. The van der Waals surface area contributed by atoms with Gasteiger partial charge in [0.05, 0.1) is 10.9 Å². The number of anilines is 1. The minimum atomic E-state index is -0.189. The van der Waals surface area contributed by atoms with Crippen molar-refractivity contribution in [2.75, 3.05) is 5.32 Å². The van der Waals surface area contributed by atoms with Gasteiger partial charge in [-0.25, -0.2) is 4.98 Å². The van der Waals surface area contributed by atoms with Gasteiger partial charge in [-0.15, -0.1) is 5.10 Å². The monoisotopic (exact) mass is 455 g/mol. The van der Waals surface area contributed by atoms with Crippen molar-refractivity contribution in [3.8, 4) is 11.5 Å². The molecule has 0 atom stereocenters. The van der Waals surface area contributed by atoms with Gasteiger partial charge in [0, 0.05) is 23.5 Å². The first-order chi connectivity index (χ1) is 16.1. The van der Waals surface area contributed by atoms with E-state index in [0.29, 0.717) is 16.6 Å². The normalized spacial score (nSPS) is 14.6. The molecule has 4 aromatic rings. The van der Waals surface area contributed by atoms with Crippen molar-refractivity contribution < 1.29 is 4.74 Å². The molecule has 0 bridgehead atoms. The predicted octanol–water partition coefficient (Wildman–Crippen LogP) is 6.10. The maximum absolute atomic E-state index is 6.21. The molecule has 0 unspecified atom stereocenters. The van der Waals surface area contributed by atoms with Gasteiger partial charge < -0.3 is 15.8 Å². The minimum absolute atomic E-state index is 0.189. The van der Waals surface area contributed by atoms with Gasteiger partial charge in [-0.05, 0) is 54.1 Å². The Balaban J connectivity index is 1.49. The van der Waals surface area contributed by atoms with Crippen LogP contribution in [-0.2, 0) is 5.54 Å². The maximum atomic E-state index is 6.21. The summed E-state index contributed by atoms with van der Waals surface area (Å²) in [6, 6.07) is 23.3. The average molecular weight is 456 g/mol. The van der Waals surface area contributed by atoms with E-state index in [9.17, 15) is 0 Å². The van der Waals surface area contributed by atoms with E-state index in [1.165, 1.54) is 0 Å². The fraction of sp³-hybridized carbons (Fsp3) is 0.115. The molecule has 1 aromatic heterocycles. The summed E-state index contributed by atoms with van der Waals surface area (Å²) in [7, 11) is 0. The second-order valence-electron chi connectivity index (χ2n) is 7.98. The standard InChI is InChI=1S/C26H22ClN5O/c1-29-32-24(28)18-8-10-19(11-9-18)26(13-14-26)31-25-23-17(12-15-30-25)4-2-7-22(23)33-21-6-3-5-20(27)16-21/h2-12,15-16H,1,13-14H2,(H2,28,32)(H,30,31). The Labute approximate surface area is 196 Å². The third-order valence-corrected chi connectivity index (χ3v) is 6.03. The van der Waals surface area contributed by atoms with Gasteiger partial charge in [0.2, 0.25) is 0 Å². The molecule has 5 rings (SSSR count). The van der Waals surface area contributed by atoms with E-state index in [2.05, 4.69) is 45.4 Å². The van der Waals surface area contributed by atoms with E-state index in [1.54, 1.807) is 6.07 Å². The molecule has 1 aliphatic carbocycles. The van der Waals surface area contributed by atoms with Crippen LogP contribution in [0.1, 0.15) is 24.0 Å². The molecule has 0 aliphatic heterocycles. The largest absolute Gasteiger partial charge is 0.457 e. The van der Waals surface area contributed by atoms with Crippen LogP contribution in [0.15, 0.2) is 89.2 Å². The molecule has 7 heteroatoms. The van der Waals surface area contributed by atoms with Crippen molar-refractivity contribution in [1.82, 2.24) is 4.98 Å². The number of rotatable bonds is 7. The van der Waals surface area contributed by atoms with Crippen molar-refractivity contribution >= 4 is 40.7 Å². The number of hydrogen-bond donors (Lipinski definition) is 2. The Morgan fingerprint density at radius 2 is 1.85 bits per heavy atom. The van der Waals surface area contributed by atoms with Gasteiger partial charge >= 0.3 is 0 Å². The molecule has 3 aromatic carbocycles. The third-order valence-electron chi connectivity index (χ3n) is 5.80. The van der Waals surface area contributed by atoms with E-state index in [4.69, 9.17) is 22.1 Å². The van der Waals surface area contributed by atoms with Gasteiger partial charge in [0.25, 0.3) is 0 Å². The summed E-state index contributed by atoms with van der Waals surface area (Å²) in [5.74, 6) is 2.52. The zero-order valence-corrected chi connectivity index (χ0v) is 18.6. The lowest BCUT2D eigenvalue weighted by Gasteiger charge is -2.21. The van der Waals surface area contributed by atoms with Crippen LogP contribution in [-0.4, -0.2) is 17.5 Å². The molecule has 0 spiro atoms. The number of amidine groups is 1. The number of aromatic nitrogens is 1. The molecule has 0 amide bonds. The highest BCUT2D eigenvalue weighted by molar-refractivity contribution is 6.30. The van der Waals surface area contributed by atoms with Crippen LogP contribution in [0.5, 0.6) is 11.5 Å². The number of benzene rings is 3. The smallest absolute Gasteiger partial charge is 0.153 e. The first-order valence-corrected chi connectivity index (χ1v) is 11.0. The Morgan fingerprint density at radius 3 is 2.58 bits per heavy atom. The lowest BCUT2D eigenvalue weighted by Crippen LogP contribution is -2.20. The van der Waals surface area contributed by atoms with Crippen LogP contribution < -0.4 is 15.8 Å². The van der Waals surface area contributed by atoms with Crippen LogP contribution in [0.2, 0.25) is 5.02 Å². The van der Waals surface area contributed by atoms with E-state index in [1.807, 2.05) is 54.7 Å². The van der Waals surface area contributed by atoms with Crippen molar-refractivity contribution in [3.05, 3.63) is 95.1 Å². The number of halogens is 1. The van der Waals surface area contributed by atoms with Crippen LogP contribution in [0, 0.1) is 0 Å². The number of nitrogens with two attached hydrogens (primary N) is 1. The van der Waals surface area contributed by atoms with Gasteiger partial charge in [-0.1, -0.05) is 54.1 Å². The van der Waals surface area contributed by atoms with E-state index >= 15 is 0 Å². The highest BCUT2D eigenvalue weighted by Gasteiger charge is 2.45. The first kappa shape index (κ1) is 21.0. The Hall–Kier alpha value is -3.90. The third kappa shape index (κ3) is 4.25.